The number of rotatable bonds is 4. The standard InChI is InChI=1S/C15H15FN4O3/c16-13-5-1-3-11-4-2-7-19(15(11)13)14(21)6-8-18-10-12(9-17-18)20(22)23/h1,3,5,9-10H,2,4,6-8H2. The second-order valence-electron chi connectivity index (χ2n) is 5.37. The van der Waals surface area contributed by atoms with E-state index in [-0.39, 0.29) is 24.6 Å². The Labute approximate surface area is 131 Å². The molecular weight excluding hydrogens is 303 g/mol. The second kappa shape index (κ2) is 6.15. The molecule has 1 amide bonds. The Morgan fingerprint density at radius 2 is 2.26 bits per heavy atom. The van der Waals surface area contributed by atoms with Gasteiger partial charge in [-0.25, -0.2) is 4.39 Å². The molecule has 0 atom stereocenters. The van der Waals surface area contributed by atoms with Crippen molar-refractivity contribution in [2.24, 2.45) is 0 Å². The Morgan fingerprint density at radius 3 is 3.00 bits per heavy atom. The summed E-state index contributed by atoms with van der Waals surface area (Å²) >= 11 is 0. The highest BCUT2D eigenvalue weighted by Crippen LogP contribution is 2.30. The lowest BCUT2D eigenvalue weighted by Crippen LogP contribution is -2.36. The first-order valence-electron chi connectivity index (χ1n) is 7.31. The summed E-state index contributed by atoms with van der Waals surface area (Å²) in [6.45, 7) is 0.693. The van der Waals surface area contributed by atoms with E-state index in [0.29, 0.717) is 12.2 Å². The number of amides is 1. The van der Waals surface area contributed by atoms with Gasteiger partial charge in [0.1, 0.15) is 18.2 Å². The molecule has 0 unspecified atom stereocenters. The molecule has 2 aromatic rings. The molecule has 0 bridgehead atoms. The van der Waals surface area contributed by atoms with Gasteiger partial charge in [-0.3, -0.25) is 19.6 Å². The first kappa shape index (κ1) is 15.1. The number of nitrogens with zero attached hydrogens (tertiary/aromatic N) is 4. The molecule has 0 radical (unpaired) electrons. The van der Waals surface area contributed by atoms with Crippen LogP contribution in [0.1, 0.15) is 18.4 Å². The average molecular weight is 318 g/mol. The van der Waals surface area contributed by atoms with Crippen molar-refractivity contribution in [2.75, 3.05) is 11.4 Å². The van der Waals surface area contributed by atoms with Gasteiger partial charge in [-0.2, -0.15) is 5.10 Å². The number of aryl methyl sites for hydroxylation is 2. The second-order valence-corrected chi connectivity index (χ2v) is 5.37. The fourth-order valence-corrected chi connectivity index (χ4v) is 2.77. The van der Waals surface area contributed by atoms with Gasteiger partial charge in [-0.05, 0) is 24.5 Å². The number of carbonyl (C=O) groups excluding carboxylic acids is 1. The molecule has 1 aliphatic heterocycles. The van der Waals surface area contributed by atoms with E-state index in [9.17, 15) is 19.3 Å². The van der Waals surface area contributed by atoms with Crippen LogP contribution in [0.25, 0.3) is 0 Å². The van der Waals surface area contributed by atoms with E-state index < -0.39 is 10.7 Å². The maximum Gasteiger partial charge on any atom is 0.306 e. The Hall–Kier alpha value is -2.77. The van der Waals surface area contributed by atoms with Gasteiger partial charge >= 0.3 is 5.69 Å². The fourth-order valence-electron chi connectivity index (χ4n) is 2.77. The predicted octanol–water partition coefficient (Wildman–Crippen LogP) is 2.30. The predicted molar refractivity (Wildman–Crippen MR) is 80.6 cm³/mol. The van der Waals surface area contributed by atoms with Crippen molar-refractivity contribution in [1.29, 1.82) is 0 Å². The van der Waals surface area contributed by atoms with Crippen molar-refractivity contribution in [3.05, 3.63) is 52.1 Å². The van der Waals surface area contributed by atoms with Crippen LogP contribution >= 0.6 is 0 Å². The van der Waals surface area contributed by atoms with Crippen LogP contribution in [-0.4, -0.2) is 27.2 Å². The molecular formula is C15H15FN4O3. The molecule has 1 aromatic heterocycles. The summed E-state index contributed by atoms with van der Waals surface area (Å²) in [5, 5.41) is 14.5. The number of benzene rings is 1. The summed E-state index contributed by atoms with van der Waals surface area (Å²) in [5.74, 6) is -0.612. The molecule has 1 aliphatic rings. The average Bonchev–Trinajstić information content (AvgIpc) is 3.01. The van der Waals surface area contributed by atoms with Crippen LogP contribution < -0.4 is 4.90 Å². The van der Waals surface area contributed by atoms with Gasteiger partial charge in [0.15, 0.2) is 0 Å². The van der Waals surface area contributed by atoms with E-state index >= 15 is 0 Å². The van der Waals surface area contributed by atoms with Crippen LogP contribution in [0.5, 0.6) is 0 Å². The fraction of sp³-hybridized carbons (Fsp3) is 0.333. The van der Waals surface area contributed by atoms with Gasteiger partial charge < -0.3 is 4.90 Å². The molecule has 0 spiro atoms. The summed E-state index contributed by atoms with van der Waals surface area (Å²) in [6, 6.07) is 4.82. The minimum Gasteiger partial charge on any atom is -0.309 e. The molecule has 0 aliphatic carbocycles. The number of para-hydroxylation sites is 1. The van der Waals surface area contributed by atoms with Crippen LogP contribution in [0.3, 0.4) is 0 Å². The molecule has 1 aromatic carbocycles. The summed E-state index contributed by atoms with van der Waals surface area (Å²) in [6.07, 6.45) is 4.06. The van der Waals surface area contributed by atoms with Crippen molar-refractivity contribution in [2.45, 2.75) is 25.8 Å². The molecule has 0 N–H and O–H groups in total. The van der Waals surface area contributed by atoms with Crippen LogP contribution in [0, 0.1) is 15.9 Å². The van der Waals surface area contributed by atoms with Gasteiger partial charge in [0, 0.05) is 19.5 Å². The zero-order valence-electron chi connectivity index (χ0n) is 12.3. The van der Waals surface area contributed by atoms with Crippen LogP contribution in [-0.2, 0) is 17.8 Å². The van der Waals surface area contributed by atoms with E-state index in [1.54, 1.807) is 6.07 Å². The third-order valence-electron chi connectivity index (χ3n) is 3.85. The van der Waals surface area contributed by atoms with Gasteiger partial charge in [-0.1, -0.05) is 12.1 Å². The zero-order chi connectivity index (χ0) is 16.4. The van der Waals surface area contributed by atoms with Crippen molar-refractivity contribution in [3.8, 4) is 0 Å². The first-order chi connectivity index (χ1) is 11.1. The number of nitro groups is 1. The highest BCUT2D eigenvalue weighted by Gasteiger charge is 2.25. The molecule has 2 heterocycles. The van der Waals surface area contributed by atoms with Crippen LogP contribution in [0.4, 0.5) is 15.8 Å². The summed E-state index contributed by atoms with van der Waals surface area (Å²) < 4.78 is 15.4. The first-order valence-corrected chi connectivity index (χ1v) is 7.31. The lowest BCUT2D eigenvalue weighted by Gasteiger charge is -2.29. The number of aromatic nitrogens is 2. The number of anilines is 1. The zero-order valence-corrected chi connectivity index (χ0v) is 12.3. The number of fused-ring (bicyclic) bond motifs is 1. The normalized spacial score (nSPS) is 13.7. The largest absolute Gasteiger partial charge is 0.309 e. The maximum atomic E-state index is 14.1. The van der Waals surface area contributed by atoms with Gasteiger partial charge in [0.25, 0.3) is 0 Å². The highest BCUT2D eigenvalue weighted by molar-refractivity contribution is 5.94. The molecule has 3 rings (SSSR count). The lowest BCUT2D eigenvalue weighted by molar-refractivity contribution is -0.385. The van der Waals surface area contributed by atoms with Gasteiger partial charge in [0.2, 0.25) is 5.91 Å². The molecule has 0 saturated heterocycles. The molecule has 0 fully saturated rings. The SMILES string of the molecule is O=C(CCn1cc([N+](=O)[O-])cn1)N1CCCc2cccc(F)c21. The lowest BCUT2D eigenvalue weighted by atomic mass is 10.0. The van der Waals surface area contributed by atoms with Gasteiger partial charge in [0.05, 0.1) is 10.6 Å². The van der Waals surface area contributed by atoms with Crippen molar-refractivity contribution in [3.63, 3.8) is 0 Å². The van der Waals surface area contributed by atoms with E-state index in [4.69, 9.17) is 0 Å². The van der Waals surface area contributed by atoms with Crippen LogP contribution in [0.2, 0.25) is 0 Å². The smallest absolute Gasteiger partial charge is 0.306 e. The topological polar surface area (TPSA) is 81.3 Å². The number of hydrogen-bond acceptors (Lipinski definition) is 4. The Bertz CT molecular complexity index is 759. The highest BCUT2D eigenvalue weighted by atomic mass is 19.1. The summed E-state index contributed by atoms with van der Waals surface area (Å²) in [7, 11) is 0. The van der Waals surface area contributed by atoms with E-state index in [1.807, 2.05) is 6.07 Å². The van der Waals surface area contributed by atoms with Crippen molar-refractivity contribution >= 4 is 17.3 Å². The third kappa shape index (κ3) is 3.05. The molecule has 23 heavy (non-hydrogen) atoms. The van der Waals surface area contributed by atoms with E-state index in [0.717, 1.165) is 24.6 Å². The third-order valence-corrected chi connectivity index (χ3v) is 3.85. The summed E-state index contributed by atoms with van der Waals surface area (Å²) in [4.78, 5) is 23.9. The maximum absolute atomic E-state index is 14.1. The molecule has 120 valence electrons. The Morgan fingerprint density at radius 1 is 1.43 bits per heavy atom. The molecule has 8 heteroatoms. The Balaban J connectivity index is 1.71. The number of hydrogen-bond donors (Lipinski definition) is 0. The minimum atomic E-state index is -0.540. The quantitative estimate of drug-likeness (QED) is 0.640. The van der Waals surface area contributed by atoms with Gasteiger partial charge in [-0.15, -0.1) is 0 Å². The number of carbonyl (C=O) groups is 1. The number of halogens is 1. The van der Waals surface area contributed by atoms with Crippen molar-refractivity contribution in [1.82, 2.24) is 9.78 Å². The molecule has 7 nitrogen and oxygen atoms in total. The van der Waals surface area contributed by atoms with E-state index in [2.05, 4.69) is 5.10 Å². The van der Waals surface area contributed by atoms with E-state index in [1.165, 1.54) is 21.8 Å². The molecule has 0 saturated carbocycles. The van der Waals surface area contributed by atoms with Crippen molar-refractivity contribution < 1.29 is 14.1 Å². The monoisotopic (exact) mass is 318 g/mol. The Kier molecular flexibility index (Phi) is 4.05. The minimum absolute atomic E-state index is 0.104. The van der Waals surface area contributed by atoms with Crippen LogP contribution in [0.15, 0.2) is 30.6 Å². The summed E-state index contributed by atoms with van der Waals surface area (Å²) in [5.41, 5.74) is 1.07.